The standard InChI is InChI=1S/C20H31N3O3/c1-14-9-8-10-16(13-14)22-18(24)23-12-7-6-11-17(23)15(2)21-19(25)26-20(3,4)5/h8-10,13,15,17H,6-7,11-12H2,1-5H3,(H,21,25)(H,22,24). The molecule has 0 radical (unpaired) electrons. The number of hydrogen-bond acceptors (Lipinski definition) is 3. The number of amides is 3. The zero-order valence-electron chi connectivity index (χ0n) is 16.5. The highest BCUT2D eigenvalue weighted by atomic mass is 16.6. The van der Waals surface area contributed by atoms with E-state index in [0.29, 0.717) is 6.54 Å². The maximum Gasteiger partial charge on any atom is 0.407 e. The molecule has 26 heavy (non-hydrogen) atoms. The van der Waals surface area contributed by atoms with Gasteiger partial charge in [-0.1, -0.05) is 12.1 Å². The lowest BCUT2D eigenvalue weighted by Crippen LogP contribution is -2.55. The van der Waals surface area contributed by atoms with Crippen LogP contribution in [0.3, 0.4) is 0 Å². The van der Waals surface area contributed by atoms with Crippen LogP contribution in [0.5, 0.6) is 0 Å². The molecule has 6 heteroatoms. The number of likely N-dealkylation sites (tertiary alicyclic amines) is 1. The molecule has 1 aromatic carbocycles. The number of carbonyl (C=O) groups is 2. The van der Waals surface area contributed by atoms with E-state index in [9.17, 15) is 9.59 Å². The van der Waals surface area contributed by atoms with E-state index in [0.717, 1.165) is 30.5 Å². The van der Waals surface area contributed by atoms with Gasteiger partial charge in [-0.2, -0.15) is 0 Å². The molecule has 1 saturated heterocycles. The Hall–Kier alpha value is -2.24. The molecule has 1 heterocycles. The van der Waals surface area contributed by atoms with E-state index in [1.807, 2.05) is 63.8 Å². The van der Waals surface area contributed by atoms with Crippen molar-refractivity contribution in [2.45, 2.75) is 71.6 Å². The third-order valence-electron chi connectivity index (χ3n) is 4.40. The summed E-state index contributed by atoms with van der Waals surface area (Å²) in [5.41, 5.74) is 1.34. The number of aryl methyl sites for hydroxylation is 1. The Bertz CT molecular complexity index is 639. The van der Waals surface area contributed by atoms with Crippen molar-refractivity contribution in [2.75, 3.05) is 11.9 Å². The van der Waals surface area contributed by atoms with Crippen LogP contribution in [0.15, 0.2) is 24.3 Å². The maximum absolute atomic E-state index is 12.8. The Labute approximate surface area is 156 Å². The number of carbonyl (C=O) groups excluding carboxylic acids is 2. The van der Waals surface area contributed by atoms with Gasteiger partial charge >= 0.3 is 12.1 Å². The van der Waals surface area contributed by atoms with Crippen molar-refractivity contribution >= 4 is 17.8 Å². The number of piperidine rings is 1. The first-order valence-corrected chi connectivity index (χ1v) is 9.29. The lowest BCUT2D eigenvalue weighted by Gasteiger charge is -2.39. The fraction of sp³-hybridized carbons (Fsp3) is 0.600. The van der Waals surface area contributed by atoms with Gasteiger partial charge in [0.15, 0.2) is 0 Å². The Kier molecular flexibility index (Phi) is 6.51. The number of rotatable bonds is 3. The third kappa shape index (κ3) is 5.93. The number of ether oxygens (including phenoxy) is 1. The quantitative estimate of drug-likeness (QED) is 0.843. The van der Waals surface area contributed by atoms with Crippen LogP contribution < -0.4 is 10.6 Å². The van der Waals surface area contributed by atoms with Crippen molar-refractivity contribution in [3.05, 3.63) is 29.8 Å². The summed E-state index contributed by atoms with van der Waals surface area (Å²) < 4.78 is 5.33. The molecule has 0 spiro atoms. The maximum atomic E-state index is 12.8. The third-order valence-corrected chi connectivity index (χ3v) is 4.40. The summed E-state index contributed by atoms with van der Waals surface area (Å²) in [6, 6.07) is 7.37. The first kappa shape index (κ1) is 20.1. The van der Waals surface area contributed by atoms with Crippen LogP contribution in [0, 0.1) is 6.92 Å². The van der Waals surface area contributed by atoms with Crippen molar-refractivity contribution in [1.82, 2.24) is 10.2 Å². The second kappa shape index (κ2) is 8.43. The minimum Gasteiger partial charge on any atom is -0.444 e. The molecule has 6 nitrogen and oxygen atoms in total. The Morgan fingerprint density at radius 1 is 1.27 bits per heavy atom. The van der Waals surface area contributed by atoms with E-state index in [1.165, 1.54) is 0 Å². The predicted octanol–water partition coefficient (Wildman–Crippen LogP) is 4.29. The molecule has 3 amide bonds. The molecule has 0 aromatic heterocycles. The largest absolute Gasteiger partial charge is 0.444 e. The first-order chi connectivity index (χ1) is 12.2. The van der Waals surface area contributed by atoms with Gasteiger partial charge in [-0.05, 0) is 71.6 Å². The van der Waals surface area contributed by atoms with E-state index in [1.54, 1.807) is 0 Å². The van der Waals surface area contributed by atoms with Gasteiger partial charge in [-0.3, -0.25) is 0 Å². The van der Waals surface area contributed by atoms with E-state index in [2.05, 4.69) is 10.6 Å². The molecule has 1 aliphatic rings. The van der Waals surface area contributed by atoms with Crippen molar-refractivity contribution < 1.29 is 14.3 Å². The SMILES string of the molecule is Cc1cccc(NC(=O)N2CCCCC2C(C)NC(=O)OC(C)(C)C)c1. The minimum absolute atomic E-state index is 0.0546. The molecular formula is C20H31N3O3. The Morgan fingerprint density at radius 3 is 2.65 bits per heavy atom. The zero-order valence-corrected chi connectivity index (χ0v) is 16.5. The average molecular weight is 361 g/mol. The van der Waals surface area contributed by atoms with Crippen molar-refractivity contribution in [2.24, 2.45) is 0 Å². The smallest absolute Gasteiger partial charge is 0.407 e. The van der Waals surface area contributed by atoms with Crippen LogP contribution in [0.2, 0.25) is 0 Å². The second-order valence-electron chi connectivity index (χ2n) is 7.99. The predicted molar refractivity (Wildman–Crippen MR) is 103 cm³/mol. The Morgan fingerprint density at radius 2 is 2.00 bits per heavy atom. The highest BCUT2D eigenvalue weighted by Gasteiger charge is 2.32. The molecular weight excluding hydrogens is 330 g/mol. The second-order valence-corrected chi connectivity index (χ2v) is 7.99. The topological polar surface area (TPSA) is 70.7 Å². The summed E-state index contributed by atoms with van der Waals surface area (Å²) in [4.78, 5) is 26.7. The molecule has 144 valence electrons. The number of urea groups is 1. The van der Waals surface area contributed by atoms with E-state index in [-0.39, 0.29) is 18.1 Å². The molecule has 2 unspecified atom stereocenters. The van der Waals surface area contributed by atoms with Gasteiger partial charge < -0.3 is 20.3 Å². The summed E-state index contributed by atoms with van der Waals surface area (Å²) in [5.74, 6) is 0. The van der Waals surface area contributed by atoms with Gasteiger partial charge in [0.2, 0.25) is 0 Å². The number of nitrogens with zero attached hydrogens (tertiary/aromatic N) is 1. The minimum atomic E-state index is -0.543. The highest BCUT2D eigenvalue weighted by molar-refractivity contribution is 5.89. The van der Waals surface area contributed by atoms with Crippen LogP contribution in [-0.2, 0) is 4.74 Å². The highest BCUT2D eigenvalue weighted by Crippen LogP contribution is 2.22. The Balaban J connectivity index is 2.01. The van der Waals surface area contributed by atoms with Gasteiger partial charge in [-0.15, -0.1) is 0 Å². The fourth-order valence-corrected chi connectivity index (χ4v) is 3.24. The van der Waals surface area contributed by atoms with Crippen LogP contribution in [0.4, 0.5) is 15.3 Å². The number of alkyl carbamates (subject to hydrolysis) is 1. The van der Waals surface area contributed by atoms with Crippen molar-refractivity contribution in [3.8, 4) is 0 Å². The molecule has 1 aromatic rings. The lowest BCUT2D eigenvalue weighted by molar-refractivity contribution is 0.0465. The average Bonchev–Trinajstić information content (AvgIpc) is 2.53. The summed E-state index contributed by atoms with van der Waals surface area (Å²) in [6.07, 6.45) is 2.42. The van der Waals surface area contributed by atoms with Crippen molar-refractivity contribution in [3.63, 3.8) is 0 Å². The molecule has 1 fully saturated rings. The van der Waals surface area contributed by atoms with E-state index >= 15 is 0 Å². The molecule has 2 N–H and O–H groups in total. The van der Waals surface area contributed by atoms with Crippen LogP contribution >= 0.6 is 0 Å². The molecule has 2 atom stereocenters. The summed E-state index contributed by atoms with van der Waals surface area (Å²) in [5, 5.41) is 5.85. The van der Waals surface area contributed by atoms with Gasteiger partial charge in [-0.25, -0.2) is 9.59 Å². The molecule has 0 aliphatic carbocycles. The van der Waals surface area contributed by atoms with Crippen molar-refractivity contribution in [1.29, 1.82) is 0 Å². The van der Waals surface area contributed by atoms with E-state index < -0.39 is 11.7 Å². The summed E-state index contributed by atoms with van der Waals surface area (Å²) in [6.45, 7) is 10.1. The number of anilines is 1. The van der Waals surface area contributed by atoms with Gasteiger partial charge in [0, 0.05) is 18.3 Å². The first-order valence-electron chi connectivity index (χ1n) is 9.29. The van der Waals surface area contributed by atoms with Crippen LogP contribution in [0.1, 0.15) is 52.5 Å². The van der Waals surface area contributed by atoms with Gasteiger partial charge in [0.1, 0.15) is 5.60 Å². The number of hydrogen-bond donors (Lipinski definition) is 2. The summed E-state index contributed by atoms with van der Waals surface area (Å²) >= 11 is 0. The van der Waals surface area contributed by atoms with E-state index in [4.69, 9.17) is 4.74 Å². The van der Waals surface area contributed by atoms with Crippen LogP contribution in [-0.4, -0.2) is 41.3 Å². The normalized spacial score (nSPS) is 18.8. The fourth-order valence-electron chi connectivity index (χ4n) is 3.24. The number of nitrogens with one attached hydrogen (secondary N) is 2. The molecule has 0 bridgehead atoms. The lowest BCUT2D eigenvalue weighted by atomic mass is 9.97. The number of benzene rings is 1. The van der Waals surface area contributed by atoms with Crippen LogP contribution in [0.25, 0.3) is 0 Å². The monoisotopic (exact) mass is 361 g/mol. The summed E-state index contributed by atoms with van der Waals surface area (Å²) in [7, 11) is 0. The molecule has 0 saturated carbocycles. The molecule has 2 rings (SSSR count). The zero-order chi connectivity index (χ0) is 19.3. The molecule has 1 aliphatic heterocycles. The van der Waals surface area contributed by atoms with Gasteiger partial charge in [0.05, 0.1) is 6.04 Å². The van der Waals surface area contributed by atoms with Gasteiger partial charge in [0.25, 0.3) is 0 Å².